The molecule has 2 aromatic heterocycles. The molecular weight excluding hydrogens is 497 g/mol. The van der Waals surface area contributed by atoms with Gasteiger partial charge in [-0.2, -0.15) is 18.3 Å². The lowest BCUT2D eigenvalue weighted by Gasteiger charge is -2.16. The zero-order valence-corrected chi connectivity index (χ0v) is 20.7. The molecule has 1 aliphatic carbocycles. The number of alkyl halides is 3. The highest BCUT2D eigenvalue weighted by Gasteiger charge is 2.41. The van der Waals surface area contributed by atoms with Gasteiger partial charge in [0.15, 0.2) is 5.69 Å². The van der Waals surface area contributed by atoms with Crippen molar-refractivity contribution in [1.29, 1.82) is 4.78 Å². The number of ether oxygens (including phenoxy) is 1. The van der Waals surface area contributed by atoms with Crippen molar-refractivity contribution in [1.82, 2.24) is 20.4 Å². The second kappa shape index (κ2) is 8.80. The molecule has 0 spiro atoms. The Balaban J connectivity index is 1.73. The fraction of sp³-hybridized carbons (Fsp3) is 0.348. The van der Waals surface area contributed by atoms with E-state index in [1.165, 1.54) is 30.5 Å². The first-order valence-corrected chi connectivity index (χ1v) is 12.8. The monoisotopic (exact) mass is 520 g/mol. The Morgan fingerprint density at radius 3 is 2.36 bits per heavy atom. The fourth-order valence-electron chi connectivity index (χ4n) is 3.52. The Morgan fingerprint density at radius 1 is 1.11 bits per heavy atom. The summed E-state index contributed by atoms with van der Waals surface area (Å²) >= 11 is 0. The summed E-state index contributed by atoms with van der Waals surface area (Å²) in [5.41, 5.74) is -0.897. The van der Waals surface area contributed by atoms with E-state index in [0.29, 0.717) is 5.56 Å². The van der Waals surface area contributed by atoms with E-state index in [4.69, 9.17) is 9.52 Å². The number of carbonyl (C=O) groups excluding carboxylic acids is 1. The third kappa shape index (κ3) is 5.15. The highest BCUT2D eigenvalue weighted by molar-refractivity contribution is 7.91. The Labute approximate surface area is 205 Å². The summed E-state index contributed by atoms with van der Waals surface area (Å²) in [5, 5.41) is 17.5. The molecule has 1 unspecified atom stereocenters. The Morgan fingerprint density at radius 2 is 1.78 bits per heavy atom. The van der Waals surface area contributed by atoms with Crippen LogP contribution in [0.1, 0.15) is 52.6 Å². The van der Waals surface area contributed by atoms with E-state index < -0.39 is 44.5 Å². The van der Waals surface area contributed by atoms with Crippen LogP contribution in [0.25, 0.3) is 0 Å². The van der Waals surface area contributed by atoms with Crippen LogP contribution >= 0.6 is 0 Å². The number of amides is 1. The first-order valence-electron chi connectivity index (χ1n) is 10.8. The van der Waals surface area contributed by atoms with E-state index >= 15 is 0 Å². The first kappa shape index (κ1) is 25.5. The van der Waals surface area contributed by atoms with E-state index in [0.717, 1.165) is 25.5 Å². The second-order valence-electron chi connectivity index (χ2n) is 9.06. The minimum Gasteiger partial charge on any atom is -0.416 e. The number of hydrogen-bond donors (Lipinski definition) is 2. The summed E-state index contributed by atoms with van der Waals surface area (Å²) in [6, 6.07) is 7.48. The molecule has 36 heavy (non-hydrogen) atoms. The number of rotatable bonds is 6. The van der Waals surface area contributed by atoms with E-state index in [1.807, 2.05) is 0 Å². The summed E-state index contributed by atoms with van der Waals surface area (Å²) in [7, 11) is -3.09. The van der Waals surface area contributed by atoms with Gasteiger partial charge in [-0.05, 0) is 56.5 Å². The number of carbonyl (C=O) groups is 1. The predicted molar refractivity (Wildman–Crippen MR) is 125 cm³/mol. The summed E-state index contributed by atoms with van der Waals surface area (Å²) in [6.07, 6.45) is -1.70. The van der Waals surface area contributed by atoms with Crippen LogP contribution in [0.3, 0.4) is 0 Å². The van der Waals surface area contributed by atoms with Gasteiger partial charge in [0.25, 0.3) is 11.8 Å². The number of hydrogen-bond acceptors (Lipinski definition) is 8. The Bertz CT molecular complexity index is 1470. The van der Waals surface area contributed by atoms with Crippen LogP contribution < -0.4 is 10.1 Å². The van der Waals surface area contributed by atoms with Gasteiger partial charge >= 0.3 is 6.18 Å². The van der Waals surface area contributed by atoms with Crippen LogP contribution in [-0.2, 0) is 21.3 Å². The first-order chi connectivity index (χ1) is 16.7. The van der Waals surface area contributed by atoms with E-state index in [1.54, 1.807) is 13.0 Å². The van der Waals surface area contributed by atoms with Crippen molar-refractivity contribution in [3.8, 4) is 11.8 Å². The number of nitrogens with zero attached hydrogens (tertiary/aromatic N) is 4. The fourth-order valence-corrected chi connectivity index (χ4v) is 4.21. The van der Waals surface area contributed by atoms with Gasteiger partial charge in [0.1, 0.15) is 5.56 Å². The number of benzene rings is 1. The van der Waals surface area contributed by atoms with Crippen molar-refractivity contribution < 1.29 is 26.9 Å². The Hall–Kier alpha value is -3.61. The quantitative estimate of drug-likeness (QED) is 0.466. The predicted octanol–water partition coefficient (Wildman–Crippen LogP) is 5.03. The molecule has 0 bridgehead atoms. The number of aromatic nitrogens is 4. The molecule has 0 aliphatic heterocycles. The molecule has 4 rings (SSSR count). The van der Waals surface area contributed by atoms with Gasteiger partial charge in [-0.15, -0.1) is 15.3 Å². The lowest BCUT2D eigenvalue weighted by atomic mass is 10.0. The van der Waals surface area contributed by atoms with E-state index in [2.05, 4.69) is 32.6 Å². The van der Waals surface area contributed by atoms with Crippen LogP contribution in [0.4, 0.5) is 18.9 Å². The average Bonchev–Trinajstić information content (AvgIpc) is 3.52. The van der Waals surface area contributed by atoms with Crippen LogP contribution in [-0.4, -0.2) is 36.8 Å². The standard InChI is InChI=1S/C23H23F3N6O3S/c1-12-10-16(22(3)8-9-22)29-31-20(12)35-21-17(13(2)18(30-32-21)23(24,25)26)19(33)28-14-6-5-7-15(11-14)36(4,27)34/h5-7,10-11,27H,8-9H2,1-4H3,(H,28,33). The van der Waals surface area contributed by atoms with Crippen LogP contribution in [0.15, 0.2) is 35.2 Å². The van der Waals surface area contributed by atoms with Gasteiger partial charge in [-0.25, -0.2) is 8.99 Å². The second-order valence-corrected chi connectivity index (χ2v) is 11.2. The molecule has 1 fully saturated rings. The van der Waals surface area contributed by atoms with E-state index in [-0.39, 0.29) is 21.9 Å². The third-order valence-corrected chi connectivity index (χ3v) is 7.13. The molecule has 13 heteroatoms. The van der Waals surface area contributed by atoms with Crippen molar-refractivity contribution in [2.45, 2.75) is 50.1 Å². The van der Waals surface area contributed by atoms with Crippen molar-refractivity contribution in [2.24, 2.45) is 0 Å². The van der Waals surface area contributed by atoms with Gasteiger partial charge in [0.05, 0.1) is 15.4 Å². The molecule has 9 nitrogen and oxygen atoms in total. The molecule has 1 aliphatic rings. The van der Waals surface area contributed by atoms with Gasteiger partial charge in [-0.3, -0.25) is 4.79 Å². The lowest BCUT2D eigenvalue weighted by molar-refractivity contribution is -0.142. The molecular formula is C23H23F3N6O3S. The number of nitrogens with one attached hydrogen (secondary N) is 2. The van der Waals surface area contributed by atoms with Crippen molar-refractivity contribution in [2.75, 3.05) is 11.6 Å². The minimum absolute atomic E-state index is 0.0209. The number of aryl methyl sites for hydroxylation is 1. The molecule has 1 saturated carbocycles. The molecule has 1 amide bonds. The van der Waals surface area contributed by atoms with Gasteiger partial charge in [-0.1, -0.05) is 13.0 Å². The Kier molecular flexibility index (Phi) is 6.23. The maximum Gasteiger partial charge on any atom is 0.435 e. The zero-order valence-electron chi connectivity index (χ0n) is 19.9. The SMILES string of the molecule is Cc1cc(C2(C)CC2)nnc1Oc1nnc(C(F)(F)F)c(C)c1C(=O)Nc1cccc(S(C)(=N)=O)c1. The average molecular weight is 521 g/mol. The molecule has 190 valence electrons. The summed E-state index contributed by atoms with van der Waals surface area (Å²) in [4.78, 5) is 13.3. The maximum absolute atomic E-state index is 13.5. The van der Waals surface area contributed by atoms with Gasteiger partial charge in [0, 0.05) is 27.8 Å². The minimum atomic E-state index is -4.86. The maximum atomic E-state index is 13.5. The molecule has 2 N–H and O–H groups in total. The highest BCUT2D eigenvalue weighted by Crippen LogP contribution is 2.47. The van der Waals surface area contributed by atoms with Gasteiger partial charge in [0.2, 0.25) is 5.88 Å². The molecule has 0 saturated heterocycles. The van der Waals surface area contributed by atoms with Crippen molar-refractivity contribution in [3.05, 3.63) is 58.4 Å². The smallest absolute Gasteiger partial charge is 0.416 e. The topological polar surface area (TPSA) is 131 Å². The van der Waals surface area contributed by atoms with Crippen molar-refractivity contribution >= 4 is 21.3 Å². The summed E-state index contributed by atoms with van der Waals surface area (Å²) < 4.78 is 66.1. The normalized spacial score (nSPS) is 16.2. The molecule has 1 aromatic carbocycles. The molecule has 0 radical (unpaired) electrons. The molecule has 2 heterocycles. The van der Waals surface area contributed by atoms with E-state index in [9.17, 15) is 22.2 Å². The molecule has 3 aromatic rings. The van der Waals surface area contributed by atoms with Crippen LogP contribution in [0.2, 0.25) is 0 Å². The lowest BCUT2D eigenvalue weighted by Crippen LogP contribution is -2.21. The highest BCUT2D eigenvalue weighted by atomic mass is 32.2. The largest absolute Gasteiger partial charge is 0.435 e. The number of anilines is 1. The van der Waals surface area contributed by atoms with Gasteiger partial charge < -0.3 is 10.1 Å². The van der Waals surface area contributed by atoms with Crippen LogP contribution in [0, 0.1) is 18.6 Å². The molecule has 1 atom stereocenters. The third-order valence-electron chi connectivity index (χ3n) is 5.97. The number of halogens is 3. The van der Waals surface area contributed by atoms with Crippen molar-refractivity contribution in [3.63, 3.8) is 0 Å². The summed E-state index contributed by atoms with van der Waals surface area (Å²) in [5.74, 6) is -1.45. The summed E-state index contributed by atoms with van der Waals surface area (Å²) in [6.45, 7) is 4.85. The van der Waals surface area contributed by atoms with Crippen LogP contribution in [0.5, 0.6) is 11.8 Å². The zero-order chi connectivity index (χ0) is 26.5.